The van der Waals surface area contributed by atoms with E-state index in [0.29, 0.717) is 0 Å². The van der Waals surface area contributed by atoms with Crippen LogP contribution in [0.4, 0.5) is 0 Å². The summed E-state index contributed by atoms with van der Waals surface area (Å²) in [4.78, 5) is 2.37. The van der Waals surface area contributed by atoms with E-state index in [4.69, 9.17) is 0 Å². The Balaban J connectivity index is 0.00000156. The molecule has 0 unspecified atom stereocenters. The van der Waals surface area contributed by atoms with Crippen molar-refractivity contribution >= 4 is 24.8 Å². The van der Waals surface area contributed by atoms with E-state index in [2.05, 4.69) is 25.1 Å². The van der Waals surface area contributed by atoms with Gasteiger partial charge in [0, 0.05) is 0 Å². The minimum absolute atomic E-state index is 0. The molecule has 0 bridgehead atoms. The Labute approximate surface area is 177 Å². The molecule has 0 spiro atoms. The van der Waals surface area contributed by atoms with Gasteiger partial charge < -0.3 is 0 Å². The molecular formula is C21H37Cl2NTi. The zero-order chi connectivity index (χ0) is 16.1. The van der Waals surface area contributed by atoms with Crippen LogP contribution in [-0.2, 0) is 19.2 Å². The van der Waals surface area contributed by atoms with Crippen molar-refractivity contribution in [3.8, 4) is 0 Å². The standard InChI is InChI=1S/C17H25.C4H10N.2ClH.Ti/c1-3-7-14(8-4-1)16-11-12-17(13-16)15-9-5-2-6-10-15;1-4-5(2)3;;;/h13-15H,1-11H2;1,4H2,2-3H3;2*1H;. The Morgan fingerprint density at radius 3 is 2.00 bits per heavy atom. The van der Waals surface area contributed by atoms with Gasteiger partial charge in [0.15, 0.2) is 0 Å². The topological polar surface area (TPSA) is 3.24 Å². The van der Waals surface area contributed by atoms with E-state index >= 15 is 0 Å². The van der Waals surface area contributed by atoms with Gasteiger partial charge in [0.1, 0.15) is 0 Å². The molecular weight excluding hydrogens is 385 g/mol. The molecule has 0 aromatic rings. The molecule has 1 nitrogen and oxygen atoms in total. The number of hydrogen-bond acceptors (Lipinski definition) is 1. The van der Waals surface area contributed by atoms with Crippen molar-refractivity contribution in [2.24, 2.45) is 11.8 Å². The van der Waals surface area contributed by atoms with E-state index in [-0.39, 0.29) is 44.0 Å². The van der Waals surface area contributed by atoms with E-state index in [1.165, 1.54) is 81.9 Å². The fraction of sp³-hybridized carbons (Fsp3) is 0.810. The molecule has 2 saturated carbocycles. The van der Waals surface area contributed by atoms with Crippen LogP contribution in [0.5, 0.6) is 0 Å². The number of halogens is 2. The van der Waals surface area contributed by atoms with E-state index in [0.717, 1.165) is 11.8 Å². The summed E-state index contributed by atoms with van der Waals surface area (Å²) in [6.45, 7) is 1.29. The van der Waals surface area contributed by atoms with Gasteiger partial charge in [-0.3, -0.25) is 0 Å². The van der Waals surface area contributed by atoms with Crippen molar-refractivity contribution in [2.75, 3.05) is 20.6 Å². The molecule has 3 rings (SSSR count). The number of hydrogen-bond donors (Lipinski definition) is 0. The first-order valence-electron chi connectivity index (χ1n) is 10.1. The number of allylic oxidation sites excluding steroid dienone is 4. The first-order chi connectivity index (χ1) is 11.2. The molecule has 0 radical (unpaired) electrons. The largest absolute Gasteiger partial charge is 0.147 e. The smallest absolute Gasteiger partial charge is 0.147 e. The summed E-state index contributed by atoms with van der Waals surface area (Å²) in [6, 6.07) is 0. The summed E-state index contributed by atoms with van der Waals surface area (Å²) >= 11 is 0.108. The van der Waals surface area contributed by atoms with Crippen molar-refractivity contribution in [1.82, 2.24) is 4.90 Å². The van der Waals surface area contributed by atoms with E-state index in [9.17, 15) is 0 Å². The van der Waals surface area contributed by atoms with Crippen LogP contribution in [0, 0.1) is 11.8 Å². The minimum Gasteiger partial charge on any atom is -0.147 e. The first kappa shape index (κ1) is 23.8. The van der Waals surface area contributed by atoms with Crippen LogP contribution in [0.25, 0.3) is 0 Å². The second kappa shape index (κ2) is 12.2. The number of nitrogens with zero attached hydrogens (tertiary/aromatic N) is 1. The molecule has 25 heavy (non-hydrogen) atoms. The number of rotatable bonds is 6. The molecule has 144 valence electrons. The average Bonchev–Trinajstić information content (AvgIpc) is 3.00. The van der Waals surface area contributed by atoms with Gasteiger partial charge in [0.2, 0.25) is 0 Å². The molecule has 3 aliphatic rings. The van der Waals surface area contributed by atoms with Crippen molar-refractivity contribution in [3.05, 3.63) is 21.1 Å². The maximum Gasteiger partial charge on any atom is -0.147 e. The van der Waals surface area contributed by atoms with Crippen molar-refractivity contribution in [1.29, 1.82) is 0 Å². The van der Waals surface area contributed by atoms with E-state index < -0.39 is 0 Å². The molecule has 0 N–H and O–H groups in total. The molecule has 0 atom stereocenters. The average molecular weight is 422 g/mol. The molecule has 0 saturated heterocycles. The van der Waals surface area contributed by atoms with Crippen molar-refractivity contribution < 1.29 is 19.2 Å². The minimum atomic E-state index is 0. The summed E-state index contributed by atoms with van der Waals surface area (Å²) in [5, 5.41) is 0. The van der Waals surface area contributed by atoms with Crippen LogP contribution in [0.3, 0.4) is 0 Å². The van der Waals surface area contributed by atoms with E-state index in [1.807, 2.05) is 15.0 Å². The molecule has 4 heteroatoms. The third-order valence-corrected chi connectivity index (χ3v) is 8.28. The fourth-order valence-electron chi connectivity index (χ4n) is 4.75. The maximum atomic E-state index is 2.74. The van der Waals surface area contributed by atoms with Crippen molar-refractivity contribution in [3.63, 3.8) is 0 Å². The molecule has 2 fully saturated rings. The molecule has 0 aliphatic heterocycles. The van der Waals surface area contributed by atoms with Crippen LogP contribution >= 0.6 is 24.8 Å². The quantitative estimate of drug-likeness (QED) is 0.434. The molecule has 0 aromatic carbocycles. The van der Waals surface area contributed by atoms with Gasteiger partial charge in [0.25, 0.3) is 0 Å². The zero-order valence-corrected chi connectivity index (χ0v) is 19.4. The Kier molecular flexibility index (Phi) is 11.6. The van der Waals surface area contributed by atoms with Gasteiger partial charge in [0.05, 0.1) is 0 Å². The molecule has 0 amide bonds. The third-order valence-electron chi connectivity index (χ3n) is 6.14. The summed E-state index contributed by atoms with van der Waals surface area (Å²) in [6.07, 6.45) is 18.9. The predicted molar refractivity (Wildman–Crippen MR) is 111 cm³/mol. The Hall–Kier alpha value is 0.734. The van der Waals surface area contributed by atoms with Gasteiger partial charge in [-0.1, -0.05) is 0 Å². The molecule has 3 aliphatic carbocycles. The Morgan fingerprint density at radius 2 is 1.44 bits per heavy atom. The van der Waals surface area contributed by atoms with E-state index in [1.54, 1.807) is 0 Å². The third kappa shape index (κ3) is 7.00. The summed E-state index contributed by atoms with van der Waals surface area (Å²) in [5.41, 5.74) is 3.72. The summed E-state index contributed by atoms with van der Waals surface area (Å²) in [7, 11) is 4.45. The second-order valence-electron chi connectivity index (χ2n) is 8.23. The zero-order valence-electron chi connectivity index (χ0n) is 16.2. The SMILES string of the molecule is CN(C)C[CH2][Ti][C]1=C(C2CCCCC2)C=C(C2CCCCC2)C1.Cl.Cl. The van der Waals surface area contributed by atoms with Gasteiger partial charge >= 0.3 is 153 Å². The van der Waals surface area contributed by atoms with Crippen LogP contribution < -0.4 is 0 Å². The van der Waals surface area contributed by atoms with Gasteiger partial charge in [-0.25, -0.2) is 0 Å². The van der Waals surface area contributed by atoms with Gasteiger partial charge in [-0.05, 0) is 0 Å². The van der Waals surface area contributed by atoms with Crippen LogP contribution in [0.2, 0.25) is 4.73 Å². The molecule has 0 heterocycles. The Morgan fingerprint density at radius 1 is 0.880 bits per heavy atom. The monoisotopic (exact) mass is 421 g/mol. The summed E-state index contributed by atoms with van der Waals surface area (Å²) < 4.78 is 3.42. The maximum absolute atomic E-state index is 2.74. The first-order valence-corrected chi connectivity index (χ1v) is 11.9. The Bertz CT molecular complexity index is 447. The van der Waals surface area contributed by atoms with Gasteiger partial charge in [-0.2, -0.15) is 0 Å². The summed E-state index contributed by atoms with van der Waals surface area (Å²) in [5.74, 6) is 1.88. The normalized spacial score (nSPS) is 22.4. The molecule has 0 aromatic heterocycles. The van der Waals surface area contributed by atoms with Gasteiger partial charge in [-0.15, -0.1) is 24.8 Å². The predicted octanol–water partition coefficient (Wildman–Crippen LogP) is 6.64. The second-order valence-corrected chi connectivity index (χ2v) is 10.5. The van der Waals surface area contributed by atoms with Crippen LogP contribution in [0.1, 0.15) is 70.6 Å². The van der Waals surface area contributed by atoms with Crippen LogP contribution in [-0.4, -0.2) is 25.5 Å². The fourth-order valence-corrected chi connectivity index (χ4v) is 7.36. The van der Waals surface area contributed by atoms with Crippen molar-refractivity contribution in [2.45, 2.75) is 75.4 Å². The van der Waals surface area contributed by atoms with Crippen LogP contribution in [0.15, 0.2) is 21.1 Å².